The highest BCUT2D eigenvalue weighted by Crippen LogP contribution is 2.27. The van der Waals surface area contributed by atoms with Crippen LogP contribution in [0.1, 0.15) is 18.1 Å². The van der Waals surface area contributed by atoms with Crippen LogP contribution in [0.25, 0.3) is 0 Å². The Morgan fingerprint density at radius 1 is 1.64 bits per heavy atom. The number of hydrogen-bond donors (Lipinski definition) is 2. The zero-order valence-corrected chi connectivity index (χ0v) is 6.12. The maximum atomic E-state index is 9.48. The van der Waals surface area contributed by atoms with Crippen molar-refractivity contribution in [3.8, 4) is 0 Å². The Labute approximate surface area is 65.1 Å². The highest BCUT2D eigenvalue weighted by molar-refractivity contribution is 5.52. The summed E-state index contributed by atoms with van der Waals surface area (Å²) in [5.74, 6) is 0. The molecule has 1 atom stereocenters. The molecule has 0 aliphatic carbocycles. The van der Waals surface area contributed by atoms with Gasteiger partial charge in [-0.25, -0.2) is 0 Å². The third-order valence-corrected chi connectivity index (χ3v) is 1.94. The van der Waals surface area contributed by atoms with E-state index < -0.39 is 0 Å². The van der Waals surface area contributed by atoms with E-state index in [1.54, 1.807) is 12.4 Å². The van der Waals surface area contributed by atoms with Gasteiger partial charge >= 0.3 is 0 Å². The van der Waals surface area contributed by atoms with Crippen molar-refractivity contribution < 1.29 is 5.11 Å². The van der Waals surface area contributed by atoms with Gasteiger partial charge in [-0.05, 0) is 12.5 Å². The standard InChI is InChI=1S/C8H10N2O/c11-8-2-4-10-7-1-3-9-5-6(7)8/h1,3,5,8,10-11H,2,4H2. The second-order valence-corrected chi connectivity index (χ2v) is 2.69. The predicted octanol–water partition coefficient (Wildman–Crippen LogP) is 0.931. The van der Waals surface area contributed by atoms with Crippen LogP contribution in [0.15, 0.2) is 18.5 Å². The number of rotatable bonds is 0. The fourth-order valence-electron chi connectivity index (χ4n) is 1.33. The number of hydrogen-bond acceptors (Lipinski definition) is 3. The Hall–Kier alpha value is -1.09. The molecule has 0 bridgehead atoms. The second-order valence-electron chi connectivity index (χ2n) is 2.69. The smallest absolute Gasteiger partial charge is 0.0841 e. The number of nitrogens with zero attached hydrogens (tertiary/aromatic N) is 1. The first-order chi connectivity index (χ1) is 5.38. The summed E-state index contributed by atoms with van der Waals surface area (Å²) in [6, 6.07) is 1.89. The summed E-state index contributed by atoms with van der Waals surface area (Å²) in [6.07, 6.45) is 3.88. The third-order valence-electron chi connectivity index (χ3n) is 1.94. The molecule has 1 aliphatic rings. The van der Waals surface area contributed by atoms with Gasteiger partial charge in [-0.2, -0.15) is 0 Å². The van der Waals surface area contributed by atoms with E-state index >= 15 is 0 Å². The first-order valence-corrected chi connectivity index (χ1v) is 3.74. The molecule has 1 aliphatic heterocycles. The molecule has 0 fully saturated rings. The van der Waals surface area contributed by atoms with Crippen molar-refractivity contribution in [2.45, 2.75) is 12.5 Å². The van der Waals surface area contributed by atoms with Crippen LogP contribution < -0.4 is 5.32 Å². The number of pyridine rings is 1. The largest absolute Gasteiger partial charge is 0.388 e. The molecular weight excluding hydrogens is 140 g/mol. The highest BCUT2D eigenvalue weighted by atomic mass is 16.3. The van der Waals surface area contributed by atoms with E-state index in [9.17, 15) is 5.11 Å². The minimum atomic E-state index is -0.333. The van der Waals surface area contributed by atoms with E-state index in [1.165, 1.54) is 0 Å². The Kier molecular flexibility index (Phi) is 1.51. The molecule has 3 nitrogen and oxygen atoms in total. The summed E-state index contributed by atoms with van der Waals surface area (Å²) >= 11 is 0. The second kappa shape index (κ2) is 2.51. The molecule has 0 spiro atoms. The van der Waals surface area contributed by atoms with Gasteiger partial charge in [0, 0.05) is 30.2 Å². The summed E-state index contributed by atoms with van der Waals surface area (Å²) < 4.78 is 0. The number of aliphatic hydroxyl groups is 1. The zero-order valence-electron chi connectivity index (χ0n) is 6.12. The quantitative estimate of drug-likeness (QED) is 0.578. The van der Waals surface area contributed by atoms with E-state index in [1.807, 2.05) is 6.07 Å². The van der Waals surface area contributed by atoms with Crippen LogP contribution in [0.3, 0.4) is 0 Å². The average molecular weight is 150 g/mol. The molecule has 2 N–H and O–H groups in total. The minimum Gasteiger partial charge on any atom is -0.388 e. The van der Waals surface area contributed by atoms with Crippen molar-refractivity contribution in [2.24, 2.45) is 0 Å². The van der Waals surface area contributed by atoms with Gasteiger partial charge in [0.15, 0.2) is 0 Å². The summed E-state index contributed by atoms with van der Waals surface area (Å²) in [4.78, 5) is 3.95. The predicted molar refractivity (Wildman–Crippen MR) is 42.3 cm³/mol. The van der Waals surface area contributed by atoms with Crippen LogP contribution >= 0.6 is 0 Å². The number of anilines is 1. The average Bonchev–Trinajstić information content (AvgIpc) is 2.06. The Morgan fingerprint density at radius 2 is 2.55 bits per heavy atom. The molecule has 58 valence electrons. The van der Waals surface area contributed by atoms with Gasteiger partial charge in [0.1, 0.15) is 0 Å². The Bertz CT molecular complexity index is 262. The Balaban J connectivity index is 2.44. The lowest BCUT2D eigenvalue weighted by molar-refractivity contribution is 0.168. The highest BCUT2D eigenvalue weighted by Gasteiger charge is 2.16. The van der Waals surface area contributed by atoms with Crippen LogP contribution in [-0.4, -0.2) is 16.6 Å². The summed E-state index contributed by atoms with van der Waals surface area (Å²) in [7, 11) is 0. The van der Waals surface area contributed by atoms with Gasteiger partial charge in [0.05, 0.1) is 6.10 Å². The third kappa shape index (κ3) is 1.07. The summed E-state index contributed by atoms with van der Waals surface area (Å²) in [6.45, 7) is 0.845. The van der Waals surface area contributed by atoms with Crippen molar-refractivity contribution in [1.29, 1.82) is 0 Å². The van der Waals surface area contributed by atoms with Gasteiger partial charge < -0.3 is 10.4 Å². The summed E-state index contributed by atoms with van der Waals surface area (Å²) in [5.41, 5.74) is 1.93. The topological polar surface area (TPSA) is 45.1 Å². The molecule has 0 aromatic carbocycles. The van der Waals surface area contributed by atoms with E-state index in [-0.39, 0.29) is 6.10 Å². The molecule has 0 amide bonds. The molecule has 1 unspecified atom stereocenters. The fourth-order valence-corrected chi connectivity index (χ4v) is 1.33. The number of nitrogens with one attached hydrogen (secondary N) is 1. The molecule has 0 saturated carbocycles. The van der Waals surface area contributed by atoms with E-state index in [4.69, 9.17) is 0 Å². The van der Waals surface area contributed by atoms with Crippen molar-refractivity contribution in [1.82, 2.24) is 4.98 Å². The van der Waals surface area contributed by atoms with Crippen molar-refractivity contribution in [3.05, 3.63) is 24.0 Å². The van der Waals surface area contributed by atoms with E-state index in [0.717, 1.165) is 24.2 Å². The fraction of sp³-hybridized carbons (Fsp3) is 0.375. The molecule has 0 saturated heterocycles. The Morgan fingerprint density at radius 3 is 3.36 bits per heavy atom. The minimum absolute atomic E-state index is 0.333. The van der Waals surface area contributed by atoms with Crippen LogP contribution in [0.4, 0.5) is 5.69 Å². The van der Waals surface area contributed by atoms with Crippen LogP contribution in [0, 0.1) is 0 Å². The van der Waals surface area contributed by atoms with Crippen molar-refractivity contribution >= 4 is 5.69 Å². The lowest BCUT2D eigenvalue weighted by Gasteiger charge is -2.21. The summed E-state index contributed by atoms with van der Waals surface area (Å²) in [5, 5.41) is 12.7. The number of fused-ring (bicyclic) bond motifs is 1. The monoisotopic (exact) mass is 150 g/mol. The molecule has 11 heavy (non-hydrogen) atoms. The lowest BCUT2D eigenvalue weighted by Crippen LogP contribution is -2.16. The SMILES string of the molecule is OC1CCNc2ccncc21. The van der Waals surface area contributed by atoms with Crippen LogP contribution in [0.2, 0.25) is 0 Å². The number of aromatic nitrogens is 1. The van der Waals surface area contributed by atoms with E-state index in [0.29, 0.717) is 0 Å². The molecule has 1 aromatic rings. The first kappa shape index (κ1) is 6.61. The van der Waals surface area contributed by atoms with Gasteiger partial charge in [0.2, 0.25) is 0 Å². The number of aliphatic hydroxyl groups excluding tert-OH is 1. The first-order valence-electron chi connectivity index (χ1n) is 3.74. The van der Waals surface area contributed by atoms with Crippen LogP contribution in [-0.2, 0) is 0 Å². The maximum Gasteiger partial charge on any atom is 0.0841 e. The van der Waals surface area contributed by atoms with Gasteiger partial charge in [-0.3, -0.25) is 4.98 Å². The molecular formula is C8H10N2O. The molecule has 1 aromatic heterocycles. The zero-order chi connectivity index (χ0) is 7.68. The van der Waals surface area contributed by atoms with Gasteiger partial charge in [0.25, 0.3) is 0 Å². The van der Waals surface area contributed by atoms with Gasteiger partial charge in [-0.1, -0.05) is 0 Å². The van der Waals surface area contributed by atoms with Gasteiger partial charge in [-0.15, -0.1) is 0 Å². The van der Waals surface area contributed by atoms with Crippen molar-refractivity contribution in [3.63, 3.8) is 0 Å². The molecule has 0 radical (unpaired) electrons. The van der Waals surface area contributed by atoms with E-state index in [2.05, 4.69) is 10.3 Å². The van der Waals surface area contributed by atoms with Crippen molar-refractivity contribution in [2.75, 3.05) is 11.9 Å². The normalized spacial score (nSPS) is 22.1. The van der Waals surface area contributed by atoms with Crippen LogP contribution in [0.5, 0.6) is 0 Å². The lowest BCUT2D eigenvalue weighted by atomic mass is 10.0. The maximum absolute atomic E-state index is 9.48. The molecule has 2 heterocycles. The molecule has 3 heteroatoms. The molecule has 2 rings (SSSR count).